The Morgan fingerprint density at radius 1 is 1.18 bits per heavy atom. The van der Waals surface area contributed by atoms with Gasteiger partial charge in [-0.05, 0) is 55.4 Å². The average Bonchev–Trinajstić information content (AvgIpc) is 2.66. The molecule has 0 spiro atoms. The van der Waals surface area contributed by atoms with E-state index in [-0.39, 0.29) is 16.4 Å². The van der Waals surface area contributed by atoms with E-state index in [1.165, 1.54) is 29.3 Å². The second-order valence-electron chi connectivity index (χ2n) is 5.88. The molecule has 28 heavy (non-hydrogen) atoms. The van der Waals surface area contributed by atoms with Gasteiger partial charge in [0.15, 0.2) is 5.11 Å². The summed E-state index contributed by atoms with van der Waals surface area (Å²) in [6, 6.07) is 13.7. The zero-order chi connectivity index (χ0) is 20.7. The summed E-state index contributed by atoms with van der Waals surface area (Å²) in [7, 11) is -3.96. The first-order chi connectivity index (χ1) is 13.2. The molecule has 0 heterocycles. The standard InChI is InChI=1S/C18H21ClN4O3S2/c1-2-23(18(20)27)21-17(24)16(12-13-6-4-3-5-7-13)22-28(25,26)15-10-8-14(19)9-11-15/h3-11,16,22H,2,12H2,1H3,(H2,20,27)(H,21,24)/t16-/m1/s1. The lowest BCUT2D eigenvalue weighted by molar-refractivity contribution is -0.125. The summed E-state index contributed by atoms with van der Waals surface area (Å²) < 4.78 is 27.9. The smallest absolute Gasteiger partial charge is 0.257 e. The Labute approximate surface area is 174 Å². The first-order valence-corrected chi connectivity index (χ1v) is 10.7. The second-order valence-corrected chi connectivity index (χ2v) is 8.44. The fraction of sp³-hybridized carbons (Fsp3) is 0.222. The molecule has 150 valence electrons. The number of hydrogen-bond donors (Lipinski definition) is 3. The monoisotopic (exact) mass is 440 g/mol. The van der Waals surface area contributed by atoms with Crippen LogP contribution in [0.2, 0.25) is 5.02 Å². The molecule has 1 atom stereocenters. The number of hydrogen-bond acceptors (Lipinski definition) is 4. The maximum atomic E-state index is 12.8. The molecule has 0 saturated carbocycles. The van der Waals surface area contributed by atoms with Crippen LogP contribution in [-0.2, 0) is 21.2 Å². The maximum absolute atomic E-state index is 12.8. The van der Waals surface area contributed by atoms with E-state index in [1.807, 2.05) is 30.3 Å². The molecule has 2 rings (SSSR count). The maximum Gasteiger partial charge on any atom is 0.257 e. The zero-order valence-corrected chi connectivity index (χ0v) is 17.5. The summed E-state index contributed by atoms with van der Waals surface area (Å²) >= 11 is 10.7. The number of sulfonamides is 1. The fourth-order valence-electron chi connectivity index (χ4n) is 2.41. The number of thiocarbonyl (C=S) groups is 1. The summed E-state index contributed by atoms with van der Waals surface area (Å²) in [6.45, 7) is 2.09. The van der Waals surface area contributed by atoms with Crippen LogP contribution in [0, 0.1) is 0 Å². The zero-order valence-electron chi connectivity index (χ0n) is 15.1. The van der Waals surface area contributed by atoms with E-state index in [9.17, 15) is 13.2 Å². The van der Waals surface area contributed by atoms with E-state index >= 15 is 0 Å². The third-order valence-electron chi connectivity index (χ3n) is 3.85. The van der Waals surface area contributed by atoms with Crippen molar-refractivity contribution in [3.8, 4) is 0 Å². The number of amides is 1. The molecule has 2 aromatic rings. The van der Waals surface area contributed by atoms with Crippen LogP contribution in [0.25, 0.3) is 0 Å². The molecular formula is C18H21ClN4O3S2. The molecule has 0 bridgehead atoms. The third kappa shape index (κ3) is 6.16. The van der Waals surface area contributed by atoms with Crippen molar-refractivity contribution in [1.82, 2.24) is 15.2 Å². The number of carbonyl (C=O) groups excluding carboxylic acids is 1. The van der Waals surface area contributed by atoms with E-state index in [0.717, 1.165) is 5.56 Å². The molecule has 10 heteroatoms. The van der Waals surface area contributed by atoms with Gasteiger partial charge in [0.25, 0.3) is 5.91 Å². The van der Waals surface area contributed by atoms with Gasteiger partial charge in [-0.1, -0.05) is 41.9 Å². The van der Waals surface area contributed by atoms with Gasteiger partial charge >= 0.3 is 0 Å². The van der Waals surface area contributed by atoms with Crippen LogP contribution in [0.5, 0.6) is 0 Å². The number of benzene rings is 2. The van der Waals surface area contributed by atoms with Gasteiger partial charge in [-0.2, -0.15) is 4.72 Å². The average molecular weight is 441 g/mol. The van der Waals surface area contributed by atoms with Gasteiger partial charge in [0.05, 0.1) is 4.90 Å². The van der Waals surface area contributed by atoms with Crippen LogP contribution in [0.4, 0.5) is 0 Å². The van der Waals surface area contributed by atoms with Crippen LogP contribution >= 0.6 is 23.8 Å². The highest BCUT2D eigenvalue weighted by Crippen LogP contribution is 2.15. The van der Waals surface area contributed by atoms with Gasteiger partial charge in [0.2, 0.25) is 10.0 Å². The number of hydrazine groups is 1. The number of halogens is 1. The number of nitrogens with one attached hydrogen (secondary N) is 2. The molecule has 4 N–H and O–H groups in total. The highest BCUT2D eigenvalue weighted by atomic mass is 35.5. The first-order valence-electron chi connectivity index (χ1n) is 8.42. The number of nitrogens with zero attached hydrogens (tertiary/aromatic N) is 1. The molecular weight excluding hydrogens is 420 g/mol. The summed E-state index contributed by atoms with van der Waals surface area (Å²) in [6.07, 6.45) is 0.147. The lowest BCUT2D eigenvalue weighted by Gasteiger charge is -2.25. The molecule has 7 nitrogen and oxygen atoms in total. The Bertz CT molecular complexity index is 922. The van der Waals surface area contributed by atoms with Crippen LogP contribution < -0.4 is 15.9 Å². The van der Waals surface area contributed by atoms with Gasteiger partial charge in [-0.15, -0.1) is 0 Å². The lowest BCUT2D eigenvalue weighted by Crippen LogP contribution is -2.55. The Balaban J connectivity index is 2.28. The predicted octanol–water partition coefficient (Wildman–Crippen LogP) is 1.83. The van der Waals surface area contributed by atoms with Gasteiger partial charge in [0.1, 0.15) is 6.04 Å². The minimum absolute atomic E-state index is 0.00413. The van der Waals surface area contributed by atoms with E-state index in [2.05, 4.69) is 10.1 Å². The first kappa shape index (κ1) is 22.1. The third-order valence-corrected chi connectivity index (χ3v) is 5.81. The summed E-state index contributed by atoms with van der Waals surface area (Å²) in [5.74, 6) is -0.573. The summed E-state index contributed by atoms with van der Waals surface area (Å²) in [5.41, 5.74) is 8.91. The van der Waals surface area contributed by atoms with Crippen molar-refractivity contribution in [3.05, 3.63) is 65.2 Å². The molecule has 0 unspecified atom stereocenters. The molecule has 0 aliphatic heterocycles. The van der Waals surface area contributed by atoms with Crippen LogP contribution in [0.3, 0.4) is 0 Å². The van der Waals surface area contributed by atoms with E-state index < -0.39 is 22.0 Å². The minimum atomic E-state index is -3.96. The van der Waals surface area contributed by atoms with Crippen molar-refractivity contribution in [2.24, 2.45) is 5.73 Å². The highest BCUT2D eigenvalue weighted by molar-refractivity contribution is 7.89. The highest BCUT2D eigenvalue weighted by Gasteiger charge is 2.27. The van der Waals surface area contributed by atoms with E-state index in [4.69, 9.17) is 29.6 Å². The van der Waals surface area contributed by atoms with Crippen molar-refractivity contribution in [2.45, 2.75) is 24.3 Å². The molecule has 0 saturated heterocycles. The van der Waals surface area contributed by atoms with Crippen molar-refractivity contribution >= 4 is 44.9 Å². The summed E-state index contributed by atoms with van der Waals surface area (Å²) in [5, 5.41) is 1.66. The normalized spacial score (nSPS) is 12.2. The predicted molar refractivity (Wildman–Crippen MR) is 113 cm³/mol. The molecule has 1 amide bonds. The topological polar surface area (TPSA) is 105 Å². The number of nitrogens with two attached hydrogens (primary N) is 1. The van der Waals surface area contributed by atoms with Gasteiger partial charge in [-0.25, -0.2) is 8.42 Å². The SMILES string of the molecule is CCN(NC(=O)[C@@H](Cc1ccccc1)NS(=O)(=O)c1ccc(Cl)cc1)C(N)=S. The van der Waals surface area contributed by atoms with Crippen LogP contribution in [0.15, 0.2) is 59.5 Å². The summed E-state index contributed by atoms with van der Waals surface area (Å²) in [4.78, 5) is 12.8. The molecule has 0 aromatic heterocycles. The molecule has 2 aromatic carbocycles. The largest absolute Gasteiger partial charge is 0.375 e. The van der Waals surface area contributed by atoms with Gasteiger partial charge < -0.3 is 5.73 Å². The minimum Gasteiger partial charge on any atom is -0.375 e. The molecule has 0 radical (unpaired) electrons. The van der Waals surface area contributed by atoms with Crippen molar-refractivity contribution < 1.29 is 13.2 Å². The van der Waals surface area contributed by atoms with Crippen molar-refractivity contribution in [3.63, 3.8) is 0 Å². The molecule has 0 aliphatic carbocycles. The van der Waals surface area contributed by atoms with Gasteiger partial charge in [0, 0.05) is 11.6 Å². The molecule has 0 fully saturated rings. The second kappa shape index (κ2) is 9.83. The molecule has 0 aliphatic rings. The number of carbonyl (C=O) groups is 1. The Morgan fingerprint density at radius 3 is 2.32 bits per heavy atom. The lowest BCUT2D eigenvalue weighted by atomic mass is 10.1. The Morgan fingerprint density at radius 2 is 1.79 bits per heavy atom. The number of rotatable bonds is 7. The van der Waals surface area contributed by atoms with Crippen LogP contribution in [0.1, 0.15) is 12.5 Å². The quantitative estimate of drug-likeness (QED) is 0.448. The van der Waals surface area contributed by atoms with Crippen molar-refractivity contribution in [1.29, 1.82) is 0 Å². The Kier molecular flexibility index (Phi) is 7.76. The fourth-order valence-corrected chi connectivity index (χ4v) is 3.90. The van der Waals surface area contributed by atoms with Crippen LogP contribution in [-0.4, -0.2) is 37.0 Å². The van der Waals surface area contributed by atoms with E-state index in [1.54, 1.807) is 6.92 Å². The van der Waals surface area contributed by atoms with E-state index in [0.29, 0.717) is 11.6 Å². The van der Waals surface area contributed by atoms with Gasteiger partial charge in [-0.3, -0.25) is 15.2 Å². The van der Waals surface area contributed by atoms with Crippen molar-refractivity contribution in [2.75, 3.05) is 6.54 Å². The Hall–Kier alpha value is -2.20.